The molecule has 0 bridgehead atoms. The van der Waals surface area contributed by atoms with Crippen molar-refractivity contribution < 1.29 is 22.7 Å². The summed E-state index contributed by atoms with van der Waals surface area (Å²) in [6, 6.07) is 13.4. The molecule has 2 rings (SSSR count). The maximum absolute atomic E-state index is 12.0. The van der Waals surface area contributed by atoms with Gasteiger partial charge in [0.1, 0.15) is 0 Å². The summed E-state index contributed by atoms with van der Waals surface area (Å²) in [4.78, 5) is 12.1. The molecule has 0 fully saturated rings. The number of benzene rings is 2. The third-order valence-corrected chi connectivity index (χ3v) is 5.45. The van der Waals surface area contributed by atoms with E-state index < -0.39 is 10.0 Å². The first-order chi connectivity index (χ1) is 12.3. The van der Waals surface area contributed by atoms with Crippen LogP contribution < -0.4 is 14.8 Å². The Labute approximate surface area is 153 Å². The van der Waals surface area contributed by atoms with Crippen LogP contribution in [0.25, 0.3) is 0 Å². The monoisotopic (exact) mass is 378 g/mol. The fraction of sp³-hybridized carbons (Fsp3) is 0.278. The number of para-hydroxylation sites is 2. The Hall–Kier alpha value is -2.58. The van der Waals surface area contributed by atoms with E-state index in [-0.39, 0.29) is 24.0 Å². The zero-order chi connectivity index (χ0) is 19.2. The first-order valence-corrected chi connectivity index (χ1v) is 9.32. The summed E-state index contributed by atoms with van der Waals surface area (Å²) < 4.78 is 35.8. The van der Waals surface area contributed by atoms with Crippen molar-refractivity contribution in [3.63, 3.8) is 0 Å². The molecular formula is C18H22N2O5S. The van der Waals surface area contributed by atoms with Gasteiger partial charge in [-0.15, -0.1) is 0 Å². The first kappa shape index (κ1) is 19.7. The lowest BCUT2D eigenvalue weighted by Gasteiger charge is -2.12. The normalized spacial score (nSPS) is 11.2. The van der Waals surface area contributed by atoms with E-state index in [0.29, 0.717) is 11.5 Å². The minimum atomic E-state index is -3.46. The molecule has 26 heavy (non-hydrogen) atoms. The van der Waals surface area contributed by atoms with Gasteiger partial charge in [0.05, 0.1) is 12.0 Å². The van der Waals surface area contributed by atoms with E-state index in [2.05, 4.69) is 5.32 Å². The predicted molar refractivity (Wildman–Crippen MR) is 97.7 cm³/mol. The van der Waals surface area contributed by atoms with E-state index in [1.807, 2.05) is 6.07 Å². The van der Waals surface area contributed by atoms with Crippen LogP contribution in [-0.4, -0.2) is 46.4 Å². The highest BCUT2D eigenvalue weighted by Crippen LogP contribution is 2.25. The minimum absolute atomic E-state index is 0.145. The van der Waals surface area contributed by atoms with E-state index in [1.54, 1.807) is 30.3 Å². The van der Waals surface area contributed by atoms with Gasteiger partial charge < -0.3 is 14.8 Å². The zero-order valence-corrected chi connectivity index (χ0v) is 15.7. The molecule has 7 nitrogen and oxygen atoms in total. The van der Waals surface area contributed by atoms with E-state index in [4.69, 9.17) is 9.47 Å². The average Bonchev–Trinajstić information content (AvgIpc) is 2.65. The van der Waals surface area contributed by atoms with Crippen molar-refractivity contribution in [1.82, 2.24) is 9.62 Å². The van der Waals surface area contributed by atoms with Crippen LogP contribution in [0.4, 0.5) is 0 Å². The molecular weight excluding hydrogens is 356 g/mol. The summed E-state index contributed by atoms with van der Waals surface area (Å²) in [6.07, 6.45) is 0. The van der Waals surface area contributed by atoms with E-state index >= 15 is 0 Å². The Morgan fingerprint density at radius 1 is 1.04 bits per heavy atom. The number of hydrogen-bond donors (Lipinski definition) is 1. The van der Waals surface area contributed by atoms with Crippen LogP contribution in [0.15, 0.2) is 53.4 Å². The third-order valence-electron chi connectivity index (χ3n) is 3.62. The molecule has 0 aromatic heterocycles. The molecule has 0 saturated carbocycles. The number of amides is 1. The summed E-state index contributed by atoms with van der Waals surface area (Å²) in [5, 5.41) is 2.72. The molecule has 0 aliphatic rings. The Morgan fingerprint density at radius 3 is 2.23 bits per heavy atom. The molecule has 0 aliphatic carbocycles. The summed E-state index contributed by atoms with van der Waals surface area (Å²) in [5.41, 5.74) is 0.786. The van der Waals surface area contributed by atoms with Crippen LogP contribution in [0, 0.1) is 0 Å². The second-order valence-electron chi connectivity index (χ2n) is 5.65. The zero-order valence-electron chi connectivity index (χ0n) is 14.9. The van der Waals surface area contributed by atoms with E-state index in [0.717, 1.165) is 9.87 Å². The molecule has 0 aliphatic heterocycles. The fourth-order valence-electron chi connectivity index (χ4n) is 2.12. The van der Waals surface area contributed by atoms with Crippen LogP contribution >= 0.6 is 0 Å². The summed E-state index contributed by atoms with van der Waals surface area (Å²) >= 11 is 0. The predicted octanol–water partition coefficient (Wildman–Crippen LogP) is 1.64. The van der Waals surface area contributed by atoms with Crippen molar-refractivity contribution >= 4 is 15.9 Å². The minimum Gasteiger partial charge on any atom is -0.493 e. The number of rotatable bonds is 8. The van der Waals surface area contributed by atoms with Crippen molar-refractivity contribution in [2.75, 3.05) is 27.8 Å². The number of ether oxygens (including phenoxy) is 2. The lowest BCUT2D eigenvalue weighted by atomic mass is 10.2. The quantitative estimate of drug-likeness (QED) is 0.755. The molecule has 1 N–H and O–H groups in total. The van der Waals surface area contributed by atoms with Crippen LogP contribution in [0.3, 0.4) is 0 Å². The maximum atomic E-state index is 12.0. The molecule has 1 amide bonds. The van der Waals surface area contributed by atoms with E-state index in [9.17, 15) is 13.2 Å². The number of sulfonamides is 1. The third kappa shape index (κ3) is 4.96. The molecule has 0 atom stereocenters. The van der Waals surface area contributed by atoms with Crippen LogP contribution in [0.2, 0.25) is 0 Å². The first-order valence-electron chi connectivity index (χ1n) is 7.88. The van der Waals surface area contributed by atoms with Crippen LogP contribution in [0.5, 0.6) is 11.5 Å². The Morgan fingerprint density at radius 2 is 1.65 bits per heavy atom. The highest BCUT2D eigenvalue weighted by Gasteiger charge is 2.16. The average molecular weight is 378 g/mol. The number of hydrogen-bond acceptors (Lipinski definition) is 5. The smallest absolute Gasteiger partial charge is 0.258 e. The van der Waals surface area contributed by atoms with Crippen molar-refractivity contribution in [2.24, 2.45) is 0 Å². The molecule has 2 aromatic rings. The van der Waals surface area contributed by atoms with E-state index in [1.165, 1.54) is 33.3 Å². The number of nitrogens with one attached hydrogen (secondary N) is 1. The summed E-state index contributed by atoms with van der Waals surface area (Å²) in [6.45, 7) is 0.129. The highest BCUT2D eigenvalue weighted by atomic mass is 32.2. The van der Waals surface area contributed by atoms with Gasteiger partial charge in [0.2, 0.25) is 10.0 Å². The topological polar surface area (TPSA) is 84.9 Å². The molecule has 0 unspecified atom stereocenters. The standard InChI is InChI=1S/C18H22N2O5S/c1-20(2)26(22,23)15-10-8-14(9-11-15)12-19-18(21)13-25-17-7-5-4-6-16(17)24-3/h4-11H,12-13H2,1-3H3,(H,19,21). The molecule has 0 radical (unpaired) electrons. The molecule has 0 spiro atoms. The molecule has 140 valence electrons. The van der Waals surface area contributed by atoms with Crippen LogP contribution in [-0.2, 0) is 21.4 Å². The van der Waals surface area contributed by atoms with Gasteiger partial charge in [-0.25, -0.2) is 12.7 Å². The van der Waals surface area contributed by atoms with Crippen molar-refractivity contribution in [3.05, 3.63) is 54.1 Å². The second kappa shape index (κ2) is 8.68. The van der Waals surface area contributed by atoms with Gasteiger partial charge in [-0.2, -0.15) is 0 Å². The van der Waals surface area contributed by atoms with Crippen molar-refractivity contribution in [2.45, 2.75) is 11.4 Å². The number of nitrogens with zero attached hydrogens (tertiary/aromatic N) is 1. The van der Waals surface area contributed by atoms with Crippen molar-refractivity contribution in [3.8, 4) is 11.5 Å². The van der Waals surface area contributed by atoms with Gasteiger partial charge in [-0.1, -0.05) is 24.3 Å². The molecule has 0 heterocycles. The van der Waals surface area contributed by atoms with Gasteiger partial charge in [0, 0.05) is 20.6 Å². The summed E-state index contributed by atoms with van der Waals surface area (Å²) in [7, 11) is 1.03. The highest BCUT2D eigenvalue weighted by molar-refractivity contribution is 7.89. The Balaban J connectivity index is 1.88. The van der Waals surface area contributed by atoms with Gasteiger partial charge in [0.25, 0.3) is 5.91 Å². The number of carbonyl (C=O) groups is 1. The SMILES string of the molecule is COc1ccccc1OCC(=O)NCc1ccc(S(=O)(=O)N(C)C)cc1. The number of methoxy groups -OCH3 is 1. The largest absolute Gasteiger partial charge is 0.493 e. The molecule has 0 saturated heterocycles. The van der Waals surface area contributed by atoms with Gasteiger partial charge >= 0.3 is 0 Å². The van der Waals surface area contributed by atoms with Gasteiger partial charge in [-0.3, -0.25) is 4.79 Å². The lowest BCUT2D eigenvalue weighted by molar-refractivity contribution is -0.123. The Kier molecular flexibility index (Phi) is 6.59. The summed E-state index contributed by atoms with van der Waals surface area (Å²) in [5.74, 6) is 0.752. The lowest BCUT2D eigenvalue weighted by Crippen LogP contribution is -2.28. The molecule has 2 aromatic carbocycles. The van der Waals surface area contributed by atoms with Crippen molar-refractivity contribution in [1.29, 1.82) is 0 Å². The fourth-order valence-corrected chi connectivity index (χ4v) is 3.02. The van der Waals surface area contributed by atoms with Gasteiger partial charge in [0.15, 0.2) is 18.1 Å². The second-order valence-corrected chi connectivity index (χ2v) is 7.80. The van der Waals surface area contributed by atoms with Gasteiger partial charge in [-0.05, 0) is 29.8 Å². The molecule has 8 heteroatoms. The Bertz CT molecular complexity index is 848. The maximum Gasteiger partial charge on any atom is 0.258 e. The van der Waals surface area contributed by atoms with Crippen LogP contribution in [0.1, 0.15) is 5.56 Å². The number of carbonyl (C=O) groups excluding carboxylic acids is 1.